The van der Waals surface area contributed by atoms with Gasteiger partial charge in [-0.25, -0.2) is 0 Å². The monoisotopic (exact) mass is 426 g/mol. The van der Waals surface area contributed by atoms with Crippen LogP contribution in [0.4, 0.5) is 0 Å². The van der Waals surface area contributed by atoms with E-state index in [4.69, 9.17) is 8.83 Å². The second-order valence-corrected chi connectivity index (χ2v) is 8.63. The van der Waals surface area contributed by atoms with Gasteiger partial charge in [-0.3, -0.25) is 9.59 Å². The lowest BCUT2D eigenvalue weighted by Gasteiger charge is -2.31. The molecule has 6 nitrogen and oxygen atoms in total. The van der Waals surface area contributed by atoms with Crippen LogP contribution in [-0.2, 0) is 11.3 Å². The number of carbonyl (C=O) groups excluding carboxylic acids is 2. The summed E-state index contributed by atoms with van der Waals surface area (Å²) in [6.45, 7) is 2.00. The number of amides is 2. The summed E-state index contributed by atoms with van der Waals surface area (Å²) >= 11 is 1.35. The van der Waals surface area contributed by atoms with Gasteiger partial charge >= 0.3 is 0 Å². The molecule has 1 aliphatic carbocycles. The molecule has 0 aromatic carbocycles. The number of furan rings is 2. The predicted octanol–water partition coefficient (Wildman–Crippen LogP) is 5.08. The summed E-state index contributed by atoms with van der Waals surface area (Å²) in [5.41, 5.74) is 0. The maximum atomic E-state index is 13.5. The molecule has 158 valence electrons. The molecule has 3 aromatic heterocycles. The highest BCUT2D eigenvalue weighted by atomic mass is 32.1. The molecule has 1 saturated carbocycles. The molecular formula is C23H26N2O4S. The van der Waals surface area contributed by atoms with Crippen LogP contribution in [0.15, 0.2) is 56.9 Å². The van der Waals surface area contributed by atoms with Crippen molar-refractivity contribution >= 4 is 23.2 Å². The van der Waals surface area contributed by atoms with Gasteiger partial charge in [0.25, 0.3) is 11.8 Å². The zero-order chi connectivity index (χ0) is 20.9. The molecule has 0 saturated heterocycles. The lowest BCUT2D eigenvalue weighted by molar-refractivity contribution is -0.127. The van der Waals surface area contributed by atoms with Crippen molar-refractivity contribution in [1.82, 2.24) is 10.2 Å². The topological polar surface area (TPSA) is 75.7 Å². The summed E-state index contributed by atoms with van der Waals surface area (Å²) < 4.78 is 11.3. The van der Waals surface area contributed by atoms with Crippen LogP contribution in [0.25, 0.3) is 0 Å². The fourth-order valence-corrected chi connectivity index (χ4v) is 4.62. The molecule has 1 unspecified atom stereocenters. The molecule has 3 heterocycles. The van der Waals surface area contributed by atoms with Gasteiger partial charge in [0.1, 0.15) is 17.3 Å². The van der Waals surface area contributed by atoms with Crippen molar-refractivity contribution in [2.45, 2.75) is 57.7 Å². The molecule has 0 bridgehead atoms. The van der Waals surface area contributed by atoms with E-state index in [9.17, 15) is 9.59 Å². The molecule has 0 spiro atoms. The van der Waals surface area contributed by atoms with Gasteiger partial charge in [0.15, 0.2) is 6.04 Å². The van der Waals surface area contributed by atoms with E-state index >= 15 is 0 Å². The number of rotatable bonds is 7. The minimum absolute atomic E-state index is 0.132. The molecule has 3 aromatic rings. The molecule has 1 atom stereocenters. The van der Waals surface area contributed by atoms with Crippen molar-refractivity contribution in [1.29, 1.82) is 0 Å². The zero-order valence-corrected chi connectivity index (χ0v) is 17.8. The summed E-state index contributed by atoms with van der Waals surface area (Å²) in [6, 6.07) is 10.0. The summed E-state index contributed by atoms with van der Waals surface area (Å²) in [7, 11) is 0. The normalized spacial score (nSPS) is 15.6. The van der Waals surface area contributed by atoms with Crippen molar-refractivity contribution in [3.05, 3.63) is 70.2 Å². The van der Waals surface area contributed by atoms with Gasteiger partial charge < -0.3 is 19.1 Å². The highest BCUT2D eigenvalue weighted by Gasteiger charge is 2.36. The predicted molar refractivity (Wildman–Crippen MR) is 114 cm³/mol. The molecule has 1 fully saturated rings. The van der Waals surface area contributed by atoms with Gasteiger partial charge in [-0.15, -0.1) is 11.3 Å². The summed E-state index contributed by atoms with van der Waals surface area (Å²) in [6.07, 6.45) is 6.92. The van der Waals surface area contributed by atoms with Crippen LogP contribution in [0, 0.1) is 6.92 Å². The van der Waals surface area contributed by atoms with E-state index in [0.717, 1.165) is 25.7 Å². The van der Waals surface area contributed by atoms with Crippen molar-refractivity contribution in [3.8, 4) is 0 Å². The molecule has 0 radical (unpaired) electrons. The van der Waals surface area contributed by atoms with E-state index in [1.165, 1.54) is 17.8 Å². The van der Waals surface area contributed by atoms with Crippen LogP contribution in [0.5, 0.6) is 0 Å². The Morgan fingerprint density at radius 2 is 2.00 bits per heavy atom. The molecule has 30 heavy (non-hydrogen) atoms. The largest absolute Gasteiger partial charge is 0.467 e. The van der Waals surface area contributed by atoms with Gasteiger partial charge in [-0.05, 0) is 55.5 Å². The van der Waals surface area contributed by atoms with E-state index in [1.807, 2.05) is 24.4 Å². The number of carbonyl (C=O) groups is 2. The third kappa shape index (κ3) is 4.67. The Morgan fingerprint density at radius 3 is 2.63 bits per heavy atom. The van der Waals surface area contributed by atoms with Gasteiger partial charge in [-0.1, -0.05) is 25.3 Å². The van der Waals surface area contributed by atoms with E-state index in [2.05, 4.69) is 5.32 Å². The SMILES string of the molecule is Cc1ccc(C(C(=O)NC2CCCCC2)N(Cc2ccco2)C(=O)c2cccs2)o1. The minimum atomic E-state index is -0.875. The van der Waals surface area contributed by atoms with E-state index in [0.29, 0.717) is 22.2 Å². The number of thiophene rings is 1. The lowest BCUT2D eigenvalue weighted by Crippen LogP contribution is -2.46. The Bertz CT molecular complexity index is 955. The maximum absolute atomic E-state index is 13.5. The minimum Gasteiger partial charge on any atom is -0.467 e. The molecular weight excluding hydrogens is 400 g/mol. The lowest BCUT2D eigenvalue weighted by atomic mass is 9.95. The molecule has 7 heteroatoms. The molecule has 2 amide bonds. The standard InChI is InChI=1S/C23H26N2O4S/c1-16-11-12-19(29-16)21(22(26)24-17-7-3-2-4-8-17)25(15-18-9-5-13-28-18)23(27)20-10-6-14-30-20/h5-6,9-14,17,21H,2-4,7-8,15H2,1H3,(H,24,26). The van der Waals surface area contributed by atoms with Gasteiger partial charge in [0.05, 0.1) is 17.7 Å². The van der Waals surface area contributed by atoms with Crippen molar-refractivity contribution < 1.29 is 18.4 Å². The first kappa shape index (κ1) is 20.5. The van der Waals surface area contributed by atoms with Crippen molar-refractivity contribution in [3.63, 3.8) is 0 Å². The van der Waals surface area contributed by atoms with Gasteiger partial charge in [0.2, 0.25) is 0 Å². The van der Waals surface area contributed by atoms with Crippen molar-refractivity contribution in [2.75, 3.05) is 0 Å². The average Bonchev–Trinajstić information content (AvgIpc) is 3.51. The second-order valence-electron chi connectivity index (χ2n) is 7.68. The smallest absolute Gasteiger partial charge is 0.265 e. The van der Waals surface area contributed by atoms with Crippen LogP contribution in [-0.4, -0.2) is 22.8 Å². The van der Waals surface area contributed by atoms with E-state index < -0.39 is 6.04 Å². The Labute approximate surface area is 179 Å². The van der Waals surface area contributed by atoms with Crippen LogP contribution in [0.2, 0.25) is 0 Å². The number of hydrogen-bond acceptors (Lipinski definition) is 5. The number of hydrogen-bond donors (Lipinski definition) is 1. The summed E-state index contributed by atoms with van der Waals surface area (Å²) in [5.74, 6) is 1.32. The first-order chi connectivity index (χ1) is 14.6. The third-order valence-corrected chi connectivity index (χ3v) is 6.30. The fourth-order valence-electron chi connectivity index (χ4n) is 3.94. The molecule has 4 rings (SSSR count). The Balaban J connectivity index is 1.68. The van der Waals surface area contributed by atoms with Crippen LogP contribution in [0.1, 0.15) is 65.1 Å². The summed E-state index contributed by atoms with van der Waals surface area (Å²) in [5, 5.41) is 5.02. The number of aryl methyl sites for hydroxylation is 1. The van der Waals surface area contributed by atoms with E-state index in [-0.39, 0.29) is 24.4 Å². The van der Waals surface area contributed by atoms with Crippen LogP contribution >= 0.6 is 11.3 Å². The first-order valence-corrected chi connectivity index (χ1v) is 11.2. The Hall–Kier alpha value is -2.80. The highest BCUT2D eigenvalue weighted by Crippen LogP contribution is 2.29. The number of nitrogens with one attached hydrogen (secondary N) is 1. The Kier molecular flexibility index (Phi) is 6.38. The van der Waals surface area contributed by atoms with Gasteiger partial charge in [-0.2, -0.15) is 0 Å². The summed E-state index contributed by atoms with van der Waals surface area (Å²) in [4.78, 5) is 29.0. The van der Waals surface area contributed by atoms with Gasteiger partial charge in [0, 0.05) is 6.04 Å². The zero-order valence-electron chi connectivity index (χ0n) is 17.0. The number of nitrogens with zero attached hydrogens (tertiary/aromatic N) is 1. The molecule has 1 N–H and O–H groups in total. The van der Waals surface area contributed by atoms with Crippen LogP contribution in [0.3, 0.4) is 0 Å². The fraction of sp³-hybridized carbons (Fsp3) is 0.391. The van der Waals surface area contributed by atoms with E-state index in [1.54, 1.807) is 35.4 Å². The average molecular weight is 427 g/mol. The second kappa shape index (κ2) is 9.34. The van der Waals surface area contributed by atoms with Crippen molar-refractivity contribution in [2.24, 2.45) is 0 Å². The maximum Gasteiger partial charge on any atom is 0.265 e. The first-order valence-electron chi connectivity index (χ1n) is 10.4. The third-order valence-electron chi connectivity index (χ3n) is 5.44. The quantitative estimate of drug-likeness (QED) is 0.572. The Morgan fingerprint density at radius 1 is 1.17 bits per heavy atom. The highest BCUT2D eigenvalue weighted by molar-refractivity contribution is 7.12. The molecule has 0 aliphatic heterocycles. The van der Waals surface area contributed by atoms with Crippen LogP contribution < -0.4 is 5.32 Å². The molecule has 1 aliphatic rings.